The van der Waals surface area contributed by atoms with E-state index in [2.05, 4.69) is 130 Å². The van der Waals surface area contributed by atoms with Crippen molar-refractivity contribution in [2.24, 2.45) is 0 Å². The first-order chi connectivity index (χ1) is 19.4. The number of para-hydroxylation sites is 4. The Balaban J connectivity index is 1.34. The summed E-state index contributed by atoms with van der Waals surface area (Å²) in [6.45, 7) is 0. The van der Waals surface area contributed by atoms with Crippen molar-refractivity contribution in [3.05, 3.63) is 128 Å². The van der Waals surface area contributed by atoms with E-state index in [0.717, 1.165) is 10.5 Å². The number of hydrogen-bond acceptors (Lipinski definition) is 2. The molecule has 0 N–H and O–H groups in total. The first-order valence-electron chi connectivity index (χ1n) is 13.2. The number of nitrogens with zero attached hydrogens (tertiary/aromatic N) is 3. The fourth-order valence-corrected chi connectivity index (χ4v) is 7.47. The molecule has 4 aromatic heterocycles. The molecular formula is C35H21N3S. The predicted octanol–water partition coefficient (Wildman–Crippen LogP) is 9.64. The highest BCUT2D eigenvalue weighted by atomic mass is 32.1. The Bertz CT molecular complexity index is 2300. The third-order valence-corrected chi connectivity index (χ3v) is 9.13. The first-order valence-corrected chi connectivity index (χ1v) is 14.0. The van der Waals surface area contributed by atoms with Crippen molar-refractivity contribution in [1.29, 1.82) is 0 Å². The summed E-state index contributed by atoms with van der Waals surface area (Å²) in [4.78, 5) is 6.08. The molecule has 0 aliphatic heterocycles. The van der Waals surface area contributed by atoms with Gasteiger partial charge in [0.25, 0.3) is 0 Å². The van der Waals surface area contributed by atoms with Crippen molar-refractivity contribution < 1.29 is 0 Å². The monoisotopic (exact) mass is 515 g/mol. The number of thiophene rings is 1. The summed E-state index contributed by atoms with van der Waals surface area (Å²) in [5.41, 5.74) is 7.13. The van der Waals surface area contributed by atoms with Crippen molar-refractivity contribution in [3.8, 4) is 11.4 Å². The van der Waals surface area contributed by atoms with Crippen molar-refractivity contribution in [1.82, 2.24) is 14.1 Å². The average Bonchev–Trinajstić information content (AvgIpc) is 3.65. The summed E-state index contributed by atoms with van der Waals surface area (Å²) in [5, 5.41) is 7.51. The second kappa shape index (κ2) is 7.79. The van der Waals surface area contributed by atoms with Crippen LogP contribution in [0.25, 0.3) is 75.3 Å². The fourth-order valence-electron chi connectivity index (χ4n) is 6.34. The van der Waals surface area contributed by atoms with Gasteiger partial charge in [0.1, 0.15) is 4.83 Å². The largest absolute Gasteiger partial charge is 0.308 e. The van der Waals surface area contributed by atoms with Crippen LogP contribution >= 0.6 is 11.3 Å². The molecule has 0 saturated carbocycles. The van der Waals surface area contributed by atoms with Crippen LogP contribution in [0.1, 0.15) is 0 Å². The molecule has 0 bridgehead atoms. The molecule has 9 aromatic rings. The molecule has 0 radical (unpaired) electrons. The van der Waals surface area contributed by atoms with E-state index in [1.54, 1.807) is 11.3 Å². The Hall–Kier alpha value is -4.93. The molecule has 0 amide bonds. The number of hydrogen-bond donors (Lipinski definition) is 0. The fraction of sp³-hybridized carbons (Fsp3) is 0. The summed E-state index contributed by atoms with van der Waals surface area (Å²) in [7, 11) is 0. The lowest BCUT2D eigenvalue weighted by Gasteiger charge is -2.09. The lowest BCUT2D eigenvalue weighted by atomic mass is 10.1. The molecule has 0 atom stereocenters. The van der Waals surface area contributed by atoms with Gasteiger partial charge < -0.3 is 9.13 Å². The molecule has 3 nitrogen and oxygen atoms in total. The Kier molecular flexibility index (Phi) is 4.21. The zero-order chi connectivity index (χ0) is 25.5. The Morgan fingerprint density at radius 2 is 0.949 bits per heavy atom. The third kappa shape index (κ3) is 2.84. The average molecular weight is 516 g/mol. The minimum absolute atomic E-state index is 1.06. The number of fused-ring (bicyclic) bond motifs is 9. The molecule has 0 aliphatic rings. The summed E-state index contributed by atoms with van der Waals surface area (Å²) in [6, 6.07) is 43.6. The van der Waals surface area contributed by atoms with Gasteiger partial charge in [-0.25, -0.2) is 4.98 Å². The van der Waals surface area contributed by atoms with Crippen LogP contribution < -0.4 is 0 Å². The molecule has 0 saturated heterocycles. The summed E-state index contributed by atoms with van der Waals surface area (Å²) < 4.78 is 6.01. The highest BCUT2D eigenvalue weighted by Crippen LogP contribution is 2.41. The van der Waals surface area contributed by atoms with E-state index in [-0.39, 0.29) is 0 Å². The molecule has 39 heavy (non-hydrogen) atoms. The van der Waals surface area contributed by atoms with Gasteiger partial charge in [0.2, 0.25) is 0 Å². The van der Waals surface area contributed by atoms with E-state index >= 15 is 0 Å². The number of pyridine rings is 1. The topological polar surface area (TPSA) is 22.8 Å². The normalized spacial score (nSPS) is 12.1. The van der Waals surface area contributed by atoms with Gasteiger partial charge in [0.05, 0.1) is 44.3 Å². The van der Waals surface area contributed by atoms with Crippen molar-refractivity contribution in [3.63, 3.8) is 0 Å². The van der Waals surface area contributed by atoms with Gasteiger partial charge in [-0.2, -0.15) is 0 Å². The zero-order valence-corrected chi connectivity index (χ0v) is 21.7. The van der Waals surface area contributed by atoms with E-state index in [0.29, 0.717) is 0 Å². The molecule has 0 fully saturated rings. The summed E-state index contributed by atoms with van der Waals surface area (Å²) >= 11 is 1.78. The van der Waals surface area contributed by atoms with Crippen LogP contribution in [0.15, 0.2) is 128 Å². The standard InChI is InChI=1S/C35H21N3S/c1-5-15-29-23(10-1)24-11-2-6-16-30(24)37(29)22-20-28-27-14-9-19-33(34(27)39-35(28)36-21-22)38-31-17-7-3-12-25(31)26-13-4-8-18-32(26)38/h1-21H. The number of rotatable bonds is 2. The van der Waals surface area contributed by atoms with Gasteiger partial charge in [-0.1, -0.05) is 84.9 Å². The maximum atomic E-state index is 5.02. The zero-order valence-electron chi connectivity index (χ0n) is 20.9. The molecule has 182 valence electrons. The highest BCUT2D eigenvalue weighted by molar-refractivity contribution is 7.25. The number of benzene rings is 5. The van der Waals surface area contributed by atoms with E-state index in [1.165, 1.54) is 64.8 Å². The van der Waals surface area contributed by atoms with Crippen LogP contribution in [0, 0.1) is 0 Å². The van der Waals surface area contributed by atoms with Gasteiger partial charge in [0.15, 0.2) is 0 Å². The van der Waals surface area contributed by atoms with Gasteiger partial charge in [-0.3, -0.25) is 0 Å². The van der Waals surface area contributed by atoms with Crippen LogP contribution in [-0.2, 0) is 0 Å². The van der Waals surface area contributed by atoms with Gasteiger partial charge in [0, 0.05) is 32.3 Å². The van der Waals surface area contributed by atoms with Crippen LogP contribution in [0.4, 0.5) is 0 Å². The summed E-state index contributed by atoms with van der Waals surface area (Å²) in [5.74, 6) is 0. The SMILES string of the molecule is c1cc(-n2c3ccccc3c3ccccc32)c2sc3ncc(-n4c5ccccc5c5ccccc54)cc3c2c1. The van der Waals surface area contributed by atoms with Gasteiger partial charge >= 0.3 is 0 Å². The molecule has 5 aromatic carbocycles. The second-order valence-corrected chi connectivity index (χ2v) is 11.0. The third-order valence-electron chi connectivity index (χ3n) is 7.98. The van der Waals surface area contributed by atoms with E-state index < -0.39 is 0 Å². The minimum atomic E-state index is 1.06. The molecule has 0 unspecified atom stereocenters. The molecule has 4 heteroatoms. The van der Waals surface area contributed by atoms with Crippen molar-refractivity contribution in [2.75, 3.05) is 0 Å². The minimum Gasteiger partial charge on any atom is -0.308 e. The molecule has 4 heterocycles. The second-order valence-electron chi connectivity index (χ2n) is 10.0. The maximum absolute atomic E-state index is 5.02. The lowest BCUT2D eigenvalue weighted by molar-refractivity contribution is 1.16. The Morgan fingerprint density at radius 1 is 0.462 bits per heavy atom. The van der Waals surface area contributed by atoms with Crippen molar-refractivity contribution in [2.45, 2.75) is 0 Å². The Morgan fingerprint density at radius 3 is 1.51 bits per heavy atom. The van der Waals surface area contributed by atoms with Crippen LogP contribution in [0.5, 0.6) is 0 Å². The maximum Gasteiger partial charge on any atom is 0.124 e. The molecular weight excluding hydrogens is 494 g/mol. The molecule has 0 spiro atoms. The molecule has 0 aliphatic carbocycles. The van der Waals surface area contributed by atoms with Crippen LogP contribution in [-0.4, -0.2) is 14.1 Å². The van der Waals surface area contributed by atoms with Crippen LogP contribution in [0.3, 0.4) is 0 Å². The smallest absolute Gasteiger partial charge is 0.124 e. The Labute approximate surface area is 227 Å². The van der Waals surface area contributed by atoms with E-state index in [9.17, 15) is 0 Å². The highest BCUT2D eigenvalue weighted by Gasteiger charge is 2.18. The van der Waals surface area contributed by atoms with Gasteiger partial charge in [-0.15, -0.1) is 11.3 Å². The molecule has 9 rings (SSSR count). The van der Waals surface area contributed by atoms with Crippen LogP contribution in [0.2, 0.25) is 0 Å². The van der Waals surface area contributed by atoms with Gasteiger partial charge in [-0.05, 0) is 36.4 Å². The predicted molar refractivity (Wildman–Crippen MR) is 166 cm³/mol. The van der Waals surface area contributed by atoms with E-state index in [4.69, 9.17) is 4.98 Å². The van der Waals surface area contributed by atoms with E-state index in [1.807, 2.05) is 6.20 Å². The summed E-state index contributed by atoms with van der Waals surface area (Å²) in [6.07, 6.45) is 2.02. The quantitative estimate of drug-likeness (QED) is 0.225. The number of aromatic nitrogens is 3. The van der Waals surface area contributed by atoms with Crippen molar-refractivity contribution >= 4 is 75.3 Å². The lowest BCUT2D eigenvalue weighted by Crippen LogP contribution is -1.94. The first kappa shape index (κ1) is 21.1.